The smallest absolute Gasteiger partial charge is 0.326 e. The van der Waals surface area contributed by atoms with Crippen molar-refractivity contribution < 1.29 is 22.4 Å². The lowest BCUT2D eigenvalue weighted by molar-refractivity contribution is -0.190. The van der Waals surface area contributed by atoms with Crippen molar-refractivity contribution in [2.45, 2.75) is 31.6 Å². The molecule has 1 aliphatic rings. The molecule has 1 atom stereocenters. The SMILES string of the molecule is O=C(CBr)N1Cc2ccc(F)cc2CC[C@@H]1C(F)(F)F. The van der Waals surface area contributed by atoms with Crippen LogP contribution in [0.3, 0.4) is 0 Å². The molecule has 20 heavy (non-hydrogen) atoms. The molecule has 0 fully saturated rings. The van der Waals surface area contributed by atoms with Crippen LogP contribution in [0.4, 0.5) is 17.6 Å². The first kappa shape index (κ1) is 15.3. The molecular formula is C13H12BrF4NO. The van der Waals surface area contributed by atoms with Crippen LogP contribution in [-0.4, -0.2) is 28.4 Å². The lowest BCUT2D eigenvalue weighted by Gasteiger charge is -2.31. The maximum atomic E-state index is 13.2. The van der Waals surface area contributed by atoms with Crippen LogP contribution in [0.5, 0.6) is 0 Å². The van der Waals surface area contributed by atoms with Crippen LogP contribution < -0.4 is 0 Å². The summed E-state index contributed by atoms with van der Waals surface area (Å²) in [6.45, 7) is -0.149. The van der Waals surface area contributed by atoms with Crippen molar-refractivity contribution >= 4 is 21.8 Å². The minimum absolute atomic E-state index is 0.101. The molecule has 1 heterocycles. The first-order valence-corrected chi connectivity index (χ1v) is 7.14. The number of hydrogen-bond donors (Lipinski definition) is 0. The van der Waals surface area contributed by atoms with Gasteiger partial charge in [0, 0.05) is 6.54 Å². The summed E-state index contributed by atoms with van der Waals surface area (Å²) >= 11 is 2.90. The van der Waals surface area contributed by atoms with E-state index in [4.69, 9.17) is 0 Å². The van der Waals surface area contributed by atoms with Crippen LogP contribution in [0.25, 0.3) is 0 Å². The summed E-state index contributed by atoms with van der Waals surface area (Å²) < 4.78 is 52.4. The van der Waals surface area contributed by atoms with E-state index in [1.165, 1.54) is 18.2 Å². The van der Waals surface area contributed by atoms with Gasteiger partial charge in [-0.1, -0.05) is 22.0 Å². The Morgan fingerprint density at radius 2 is 2.05 bits per heavy atom. The normalized spacial score (nSPS) is 19.4. The van der Waals surface area contributed by atoms with Crippen molar-refractivity contribution in [3.63, 3.8) is 0 Å². The molecule has 0 saturated heterocycles. The van der Waals surface area contributed by atoms with Gasteiger partial charge in [-0.25, -0.2) is 4.39 Å². The van der Waals surface area contributed by atoms with Gasteiger partial charge in [-0.05, 0) is 36.1 Å². The third-order valence-electron chi connectivity index (χ3n) is 3.38. The molecule has 0 unspecified atom stereocenters. The summed E-state index contributed by atoms with van der Waals surface area (Å²) in [7, 11) is 0. The van der Waals surface area contributed by atoms with E-state index < -0.39 is 23.9 Å². The third kappa shape index (κ3) is 3.13. The van der Waals surface area contributed by atoms with Crippen LogP contribution in [0.2, 0.25) is 0 Å². The highest BCUT2D eigenvalue weighted by Crippen LogP contribution is 2.33. The van der Waals surface area contributed by atoms with Crippen LogP contribution in [0.15, 0.2) is 18.2 Å². The van der Waals surface area contributed by atoms with Gasteiger partial charge < -0.3 is 4.90 Å². The van der Waals surface area contributed by atoms with Crippen molar-refractivity contribution in [2.75, 3.05) is 5.33 Å². The number of carbonyl (C=O) groups excluding carboxylic acids is 1. The van der Waals surface area contributed by atoms with Crippen LogP contribution in [-0.2, 0) is 17.8 Å². The molecule has 0 N–H and O–H groups in total. The molecule has 0 saturated carbocycles. The number of alkyl halides is 4. The van der Waals surface area contributed by atoms with Crippen LogP contribution >= 0.6 is 15.9 Å². The lowest BCUT2D eigenvalue weighted by atomic mass is 10.0. The molecular weight excluding hydrogens is 342 g/mol. The van der Waals surface area contributed by atoms with E-state index in [0.717, 1.165) is 4.90 Å². The number of halogens is 5. The van der Waals surface area contributed by atoms with Crippen LogP contribution in [0, 0.1) is 5.82 Å². The highest BCUT2D eigenvalue weighted by molar-refractivity contribution is 9.09. The number of carbonyl (C=O) groups is 1. The molecule has 110 valence electrons. The minimum atomic E-state index is -4.49. The predicted octanol–water partition coefficient (Wildman–Crippen LogP) is 3.43. The molecule has 1 aromatic rings. The summed E-state index contributed by atoms with van der Waals surface area (Å²) in [5.74, 6) is -1.10. The Hall–Kier alpha value is -1.11. The summed E-state index contributed by atoms with van der Waals surface area (Å²) in [5.41, 5.74) is 1.09. The van der Waals surface area contributed by atoms with Gasteiger partial charge in [0.1, 0.15) is 11.9 Å². The van der Waals surface area contributed by atoms with Gasteiger partial charge in [0.2, 0.25) is 5.91 Å². The fourth-order valence-electron chi connectivity index (χ4n) is 2.40. The zero-order valence-electron chi connectivity index (χ0n) is 10.4. The van der Waals surface area contributed by atoms with E-state index in [0.29, 0.717) is 11.1 Å². The second-order valence-corrected chi connectivity index (χ2v) is 5.23. The van der Waals surface area contributed by atoms with Gasteiger partial charge in [-0.3, -0.25) is 4.79 Å². The molecule has 1 aliphatic heterocycles. The van der Waals surface area contributed by atoms with Crippen molar-refractivity contribution in [3.05, 3.63) is 35.1 Å². The fourth-order valence-corrected chi connectivity index (χ4v) is 2.72. The largest absolute Gasteiger partial charge is 0.408 e. The molecule has 0 aromatic heterocycles. The van der Waals surface area contributed by atoms with Gasteiger partial charge in [0.25, 0.3) is 0 Å². The van der Waals surface area contributed by atoms with E-state index >= 15 is 0 Å². The van der Waals surface area contributed by atoms with Gasteiger partial charge in [0.15, 0.2) is 0 Å². The maximum Gasteiger partial charge on any atom is 0.408 e. The summed E-state index contributed by atoms with van der Waals surface area (Å²) in [6, 6.07) is 2.05. The molecule has 0 aliphatic carbocycles. The molecule has 0 spiro atoms. The monoisotopic (exact) mass is 353 g/mol. The highest BCUT2D eigenvalue weighted by atomic mass is 79.9. The van der Waals surface area contributed by atoms with Crippen molar-refractivity contribution in [3.8, 4) is 0 Å². The van der Waals surface area contributed by atoms with Crippen LogP contribution in [0.1, 0.15) is 17.5 Å². The second-order valence-electron chi connectivity index (χ2n) is 4.66. The predicted molar refractivity (Wildman–Crippen MR) is 68.9 cm³/mol. The topological polar surface area (TPSA) is 20.3 Å². The maximum absolute atomic E-state index is 13.2. The van der Waals surface area contributed by atoms with E-state index in [1.54, 1.807) is 0 Å². The molecule has 0 radical (unpaired) electrons. The summed E-state index contributed by atoms with van der Waals surface area (Å²) in [6.07, 6.45) is -4.64. The van der Waals surface area contributed by atoms with E-state index in [2.05, 4.69) is 15.9 Å². The van der Waals surface area contributed by atoms with E-state index in [1.807, 2.05) is 0 Å². The molecule has 1 aromatic carbocycles. The Morgan fingerprint density at radius 3 is 2.65 bits per heavy atom. The first-order chi connectivity index (χ1) is 9.32. The number of fused-ring (bicyclic) bond motifs is 1. The third-order valence-corrected chi connectivity index (χ3v) is 3.86. The minimum Gasteiger partial charge on any atom is -0.326 e. The Bertz CT molecular complexity index is 518. The zero-order chi connectivity index (χ0) is 14.9. The van der Waals surface area contributed by atoms with Crippen molar-refractivity contribution in [1.82, 2.24) is 4.90 Å². The number of hydrogen-bond acceptors (Lipinski definition) is 1. The Labute approximate surface area is 121 Å². The van der Waals surface area contributed by atoms with E-state index in [-0.39, 0.29) is 24.7 Å². The molecule has 7 heteroatoms. The fraction of sp³-hybridized carbons (Fsp3) is 0.462. The first-order valence-electron chi connectivity index (χ1n) is 6.02. The molecule has 0 bridgehead atoms. The summed E-state index contributed by atoms with van der Waals surface area (Å²) in [5, 5.41) is -0.171. The number of nitrogens with zero attached hydrogens (tertiary/aromatic N) is 1. The molecule has 2 nitrogen and oxygen atoms in total. The van der Waals surface area contributed by atoms with E-state index in [9.17, 15) is 22.4 Å². The van der Waals surface area contributed by atoms with Gasteiger partial charge in [-0.15, -0.1) is 0 Å². The highest BCUT2D eigenvalue weighted by Gasteiger charge is 2.45. The standard InChI is InChI=1S/C13H12BrF4NO/c14-6-12(20)19-7-9-1-3-10(15)5-8(9)2-4-11(19)13(16,17)18/h1,3,5,11H,2,4,6-7H2/t11-/m1/s1. The molecule has 1 amide bonds. The number of benzene rings is 1. The lowest BCUT2D eigenvalue weighted by Crippen LogP contribution is -2.48. The van der Waals surface area contributed by atoms with Gasteiger partial charge in [0.05, 0.1) is 5.33 Å². The number of rotatable bonds is 1. The van der Waals surface area contributed by atoms with Gasteiger partial charge >= 0.3 is 6.18 Å². The second kappa shape index (κ2) is 5.71. The quantitative estimate of drug-likeness (QED) is 0.559. The Kier molecular flexibility index (Phi) is 4.36. The number of aryl methyl sites for hydroxylation is 1. The Morgan fingerprint density at radius 1 is 1.35 bits per heavy atom. The average molecular weight is 354 g/mol. The molecule has 2 rings (SSSR count). The number of amides is 1. The van der Waals surface area contributed by atoms with Gasteiger partial charge in [-0.2, -0.15) is 13.2 Å². The van der Waals surface area contributed by atoms with Crippen molar-refractivity contribution in [1.29, 1.82) is 0 Å². The average Bonchev–Trinajstić information content (AvgIpc) is 2.56. The summed E-state index contributed by atoms with van der Waals surface area (Å²) in [4.78, 5) is 12.6. The van der Waals surface area contributed by atoms with Crippen molar-refractivity contribution in [2.24, 2.45) is 0 Å². The Balaban J connectivity index is 2.39. The zero-order valence-corrected chi connectivity index (χ0v) is 12.0.